The first-order chi connectivity index (χ1) is 5.08. The molecule has 0 amide bonds. The highest BCUT2D eigenvalue weighted by atomic mass is 31.2. The van der Waals surface area contributed by atoms with E-state index in [1.807, 2.05) is 0 Å². The third-order valence-electron chi connectivity index (χ3n) is 1.44. The molecule has 1 rings (SSSR count). The third-order valence-corrected chi connectivity index (χ3v) is 3.63. The number of terminal acetylenes is 1. The molecule has 0 N–H and O–H groups in total. The van der Waals surface area contributed by atoms with Gasteiger partial charge in [0.05, 0.1) is 0 Å². The van der Waals surface area contributed by atoms with Gasteiger partial charge in [-0.2, -0.15) is 0 Å². The Balaban J connectivity index is 2.78. The molecule has 11 heavy (non-hydrogen) atoms. The molecule has 0 radical (unpaired) electrons. The van der Waals surface area contributed by atoms with Crippen molar-refractivity contribution in [1.82, 2.24) is 4.67 Å². The van der Waals surface area contributed by atoms with E-state index in [0.717, 1.165) is 0 Å². The van der Waals surface area contributed by atoms with Crippen LogP contribution in [0.5, 0.6) is 0 Å². The summed E-state index contributed by atoms with van der Waals surface area (Å²) in [6, 6.07) is 0. The monoisotopic (exact) mass is 171 g/mol. The van der Waals surface area contributed by atoms with Crippen LogP contribution in [0.1, 0.15) is 0 Å². The van der Waals surface area contributed by atoms with Crippen molar-refractivity contribution in [2.75, 3.05) is 14.1 Å². The minimum absolute atomic E-state index is 0.428. The Kier molecular flexibility index (Phi) is 2.20. The van der Waals surface area contributed by atoms with Crippen molar-refractivity contribution >= 4 is 7.52 Å². The number of hydrogen-bond acceptors (Lipinski definition) is 2. The molecule has 2 atom stereocenters. The van der Waals surface area contributed by atoms with Crippen molar-refractivity contribution in [3.63, 3.8) is 0 Å². The quantitative estimate of drug-likeness (QED) is 0.439. The Morgan fingerprint density at radius 1 is 1.73 bits per heavy atom. The van der Waals surface area contributed by atoms with Crippen LogP contribution < -0.4 is 0 Å². The summed E-state index contributed by atoms with van der Waals surface area (Å²) in [4.78, 5) is 0. The molecule has 1 heterocycles. The standard InChI is InChI=1S/C7H10NO2P/c1-4-7-5-6-11(9,10-7)8(2)3/h1,5-7H,2-3H3. The van der Waals surface area contributed by atoms with E-state index in [1.54, 1.807) is 24.8 Å². The van der Waals surface area contributed by atoms with E-state index in [1.165, 1.54) is 5.82 Å². The molecular formula is C7H10NO2P. The molecule has 0 fully saturated rings. The van der Waals surface area contributed by atoms with E-state index < -0.39 is 13.6 Å². The first-order valence-corrected chi connectivity index (χ1v) is 4.84. The fraction of sp³-hybridized carbons (Fsp3) is 0.429. The van der Waals surface area contributed by atoms with E-state index in [0.29, 0.717) is 0 Å². The number of hydrogen-bond donors (Lipinski definition) is 0. The van der Waals surface area contributed by atoms with Gasteiger partial charge >= 0.3 is 0 Å². The molecule has 0 bridgehead atoms. The van der Waals surface area contributed by atoms with E-state index >= 15 is 0 Å². The summed E-state index contributed by atoms with van der Waals surface area (Å²) < 4.78 is 18.2. The minimum atomic E-state index is -2.70. The van der Waals surface area contributed by atoms with Crippen molar-refractivity contribution in [1.29, 1.82) is 0 Å². The van der Waals surface area contributed by atoms with Crippen LogP contribution in [0.2, 0.25) is 0 Å². The lowest BCUT2D eigenvalue weighted by molar-refractivity contribution is 0.290. The van der Waals surface area contributed by atoms with Crippen LogP contribution in [0, 0.1) is 12.3 Å². The molecule has 60 valence electrons. The zero-order chi connectivity index (χ0) is 8.48. The second-order valence-corrected chi connectivity index (χ2v) is 4.88. The summed E-state index contributed by atoms with van der Waals surface area (Å²) in [7, 11) is 0.692. The molecule has 1 aliphatic rings. The highest BCUT2D eigenvalue weighted by Gasteiger charge is 2.30. The van der Waals surface area contributed by atoms with E-state index in [9.17, 15) is 4.57 Å². The second kappa shape index (κ2) is 2.83. The van der Waals surface area contributed by atoms with Gasteiger partial charge in [0.2, 0.25) is 0 Å². The number of nitrogens with zero attached hydrogens (tertiary/aromatic N) is 1. The molecule has 0 aliphatic carbocycles. The summed E-state index contributed by atoms with van der Waals surface area (Å²) in [6.45, 7) is 0. The van der Waals surface area contributed by atoms with Gasteiger partial charge in [-0.1, -0.05) is 5.92 Å². The molecule has 4 heteroatoms. The van der Waals surface area contributed by atoms with Crippen LogP contribution in [0.3, 0.4) is 0 Å². The van der Waals surface area contributed by atoms with Crippen LogP contribution in [0.25, 0.3) is 0 Å². The minimum Gasteiger partial charge on any atom is -0.294 e. The van der Waals surface area contributed by atoms with Crippen LogP contribution in [0.15, 0.2) is 11.9 Å². The summed E-state index contributed by atoms with van der Waals surface area (Å²) in [5.41, 5.74) is 0. The SMILES string of the molecule is C#CC1C=CP(=O)(N(C)C)O1. The maximum absolute atomic E-state index is 11.6. The average molecular weight is 171 g/mol. The Labute approximate surface area is 66.5 Å². The lowest BCUT2D eigenvalue weighted by Gasteiger charge is -2.17. The lowest BCUT2D eigenvalue weighted by Crippen LogP contribution is -2.09. The van der Waals surface area contributed by atoms with Gasteiger partial charge in [-0.25, -0.2) is 4.67 Å². The van der Waals surface area contributed by atoms with Gasteiger partial charge in [0, 0.05) is 5.82 Å². The molecule has 1 aliphatic heterocycles. The zero-order valence-corrected chi connectivity index (χ0v) is 7.41. The van der Waals surface area contributed by atoms with Gasteiger partial charge < -0.3 is 0 Å². The Morgan fingerprint density at radius 3 is 2.64 bits per heavy atom. The Hall–Kier alpha value is -0.550. The third kappa shape index (κ3) is 1.54. The summed E-state index contributed by atoms with van der Waals surface area (Å²) in [5, 5.41) is 0. The van der Waals surface area contributed by atoms with E-state index in [-0.39, 0.29) is 0 Å². The molecular weight excluding hydrogens is 161 g/mol. The fourth-order valence-corrected chi connectivity index (χ4v) is 2.09. The summed E-state index contributed by atoms with van der Waals surface area (Å²) >= 11 is 0. The molecule has 0 aromatic carbocycles. The highest BCUT2D eigenvalue weighted by molar-refractivity contribution is 7.60. The molecule has 0 saturated heterocycles. The first kappa shape index (κ1) is 8.55. The van der Waals surface area contributed by atoms with Gasteiger partial charge in [0.25, 0.3) is 7.52 Å². The van der Waals surface area contributed by atoms with Crippen LogP contribution in [-0.2, 0) is 9.09 Å². The van der Waals surface area contributed by atoms with Gasteiger partial charge in [-0.15, -0.1) is 6.42 Å². The largest absolute Gasteiger partial charge is 0.296 e. The molecule has 2 unspecified atom stereocenters. The van der Waals surface area contributed by atoms with Gasteiger partial charge in [0.15, 0.2) is 0 Å². The summed E-state index contributed by atoms with van der Waals surface area (Å²) in [5.74, 6) is 3.91. The molecule has 0 aromatic heterocycles. The van der Waals surface area contributed by atoms with Crippen molar-refractivity contribution in [3.05, 3.63) is 11.9 Å². The lowest BCUT2D eigenvalue weighted by atomic mass is 10.4. The molecule has 3 nitrogen and oxygen atoms in total. The maximum atomic E-state index is 11.6. The number of rotatable bonds is 1. The van der Waals surface area contributed by atoms with Gasteiger partial charge in [-0.05, 0) is 20.2 Å². The van der Waals surface area contributed by atoms with Crippen molar-refractivity contribution in [3.8, 4) is 12.3 Å². The van der Waals surface area contributed by atoms with Crippen molar-refractivity contribution in [2.45, 2.75) is 6.10 Å². The predicted octanol–water partition coefficient (Wildman–Crippen LogP) is 1.29. The van der Waals surface area contributed by atoms with Crippen LogP contribution in [-0.4, -0.2) is 24.9 Å². The topological polar surface area (TPSA) is 29.5 Å². The normalized spacial score (nSPS) is 36.0. The van der Waals surface area contributed by atoms with E-state index in [2.05, 4.69) is 5.92 Å². The molecule has 0 saturated carbocycles. The highest BCUT2D eigenvalue weighted by Crippen LogP contribution is 2.55. The smallest absolute Gasteiger partial charge is 0.294 e. The summed E-state index contributed by atoms with van der Waals surface area (Å²) in [6.07, 6.45) is 6.30. The van der Waals surface area contributed by atoms with Crippen molar-refractivity contribution < 1.29 is 9.09 Å². The first-order valence-electron chi connectivity index (χ1n) is 3.20. The predicted molar refractivity (Wildman–Crippen MR) is 44.1 cm³/mol. The van der Waals surface area contributed by atoms with Gasteiger partial charge in [0.1, 0.15) is 6.10 Å². The molecule has 0 aromatic rings. The van der Waals surface area contributed by atoms with Gasteiger partial charge in [-0.3, -0.25) is 9.09 Å². The van der Waals surface area contributed by atoms with Crippen LogP contribution in [0.4, 0.5) is 0 Å². The molecule has 0 spiro atoms. The second-order valence-electron chi connectivity index (χ2n) is 2.45. The van der Waals surface area contributed by atoms with Crippen LogP contribution >= 0.6 is 7.52 Å². The maximum Gasteiger partial charge on any atom is 0.296 e. The van der Waals surface area contributed by atoms with E-state index in [4.69, 9.17) is 10.9 Å². The van der Waals surface area contributed by atoms with Crippen molar-refractivity contribution in [2.24, 2.45) is 0 Å². The Bertz CT molecular complexity index is 264. The average Bonchev–Trinajstić information content (AvgIpc) is 2.33. The Morgan fingerprint density at radius 2 is 2.36 bits per heavy atom. The fourth-order valence-electron chi connectivity index (χ4n) is 0.734. The zero-order valence-electron chi connectivity index (χ0n) is 6.52.